The highest BCUT2D eigenvalue weighted by molar-refractivity contribution is 9.09. The zero-order valence-electron chi connectivity index (χ0n) is 11.3. The first-order valence-corrected chi connectivity index (χ1v) is 8.05. The molecule has 0 spiro atoms. The molecule has 2 unspecified atom stereocenters. The maximum absolute atomic E-state index is 12.1. The summed E-state index contributed by atoms with van der Waals surface area (Å²) in [6.45, 7) is 0.734. The molecule has 1 amide bonds. The highest BCUT2D eigenvalue weighted by Gasteiger charge is 2.21. The Labute approximate surface area is 126 Å². The second-order valence-corrected chi connectivity index (χ2v) is 6.78. The lowest BCUT2D eigenvalue weighted by molar-refractivity contribution is 0.0918. The molecule has 1 heterocycles. The number of halogens is 1. The van der Waals surface area contributed by atoms with Crippen molar-refractivity contribution in [2.75, 3.05) is 6.54 Å². The highest BCUT2D eigenvalue weighted by Crippen LogP contribution is 2.28. The Hall–Kier alpha value is -1.29. The van der Waals surface area contributed by atoms with Crippen molar-refractivity contribution in [1.82, 2.24) is 5.32 Å². The molecule has 1 aromatic carbocycles. The van der Waals surface area contributed by atoms with Crippen molar-refractivity contribution in [1.29, 1.82) is 0 Å². The summed E-state index contributed by atoms with van der Waals surface area (Å²) >= 11 is 3.67. The Balaban J connectivity index is 1.61. The summed E-state index contributed by atoms with van der Waals surface area (Å²) < 4.78 is 5.57. The molecule has 2 atom stereocenters. The fraction of sp³-hybridized carbons (Fsp3) is 0.438. The monoisotopic (exact) mass is 335 g/mol. The molecule has 0 saturated heterocycles. The lowest BCUT2D eigenvalue weighted by Crippen LogP contribution is -2.31. The van der Waals surface area contributed by atoms with Crippen LogP contribution in [0, 0.1) is 5.92 Å². The van der Waals surface area contributed by atoms with E-state index in [4.69, 9.17) is 4.42 Å². The first kappa shape index (κ1) is 13.7. The van der Waals surface area contributed by atoms with Crippen molar-refractivity contribution in [3.63, 3.8) is 0 Å². The quantitative estimate of drug-likeness (QED) is 0.857. The highest BCUT2D eigenvalue weighted by atomic mass is 79.9. The van der Waals surface area contributed by atoms with Crippen LogP contribution in [0.4, 0.5) is 0 Å². The third kappa shape index (κ3) is 3.06. The average Bonchev–Trinajstić information content (AvgIpc) is 2.89. The molecule has 1 aromatic heterocycles. The second kappa shape index (κ2) is 6.00. The molecule has 3 nitrogen and oxygen atoms in total. The molecule has 2 aromatic rings. The molecule has 1 saturated carbocycles. The Morgan fingerprint density at radius 2 is 2.20 bits per heavy atom. The van der Waals surface area contributed by atoms with E-state index in [1.165, 1.54) is 19.3 Å². The number of hydrogen-bond acceptors (Lipinski definition) is 2. The number of furan rings is 1. The van der Waals surface area contributed by atoms with E-state index in [1.54, 1.807) is 6.07 Å². The summed E-state index contributed by atoms with van der Waals surface area (Å²) in [5, 5.41) is 3.97. The van der Waals surface area contributed by atoms with Gasteiger partial charge in [-0.3, -0.25) is 4.79 Å². The molecule has 3 rings (SSSR count). The van der Waals surface area contributed by atoms with Crippen molar-refractivity contribution in [2.24, 2.45) is 5.92 Å². The van der Waals surface area contributed by atoms with E-state index >= 15 is 0 Å². The second-order valence-electron chi connectivity index (χ2n) is 5.49. The summed E-state index contributed by atoms with van der Waals surface area (Å²) in [4.78, 5) is 12.7. The average molecular weight is 336 g/mol. The van der Waals surface area contributed by atoms with Gasteiger partial charge in [0.05, 0.1) is 0 Å². The number of alkyl halides is 1. The Morgan fingerprint density at radius 3 is 3.00 bits per heavy atom. The van der Waals surface area contributed by atoms with Crippen molar-refractivity contribution in [2.45, 2.75) is 30.5 Å². The zero-order valence-corrected chi connectivity index (χ0v) is 12.9. The number of fused-ring (bicyclic) bond motifs is 1. The van der Waals surface area contributed by atoms with E-state index < -0.39 is 0 Å². The lowest BCUT2D eigenvalue weighted by Gasteiger charge is -2.25. The SMILES string of the molecule is O=C(NCC1CCCC(Br)C1)c1cc2ccccc2o1. The van der Waals surface area contributed by atoms with E-state index in [1.807, 2.05) is 24.3 Å². The van der Waals surface area contributed by atoms with Gasteiger partial charge in [0.1, 0.15) is 5.58 Å². The van der Waals surface area contributed by atoms with Gasteiger partial charge in [-0.25, -0.2) is 0 Å². The van der Waals surface area contributed by atoms with Gasteiger partial charge in [0.25, 0.3) is 5.91 Å². The lowest BCUT2D eigenvalue weighted by atomic mass is 9.89. The van der Waals surface area contributed by atoms with Crippen LogP contribution in [-0.4, -0.2) is 17.3 Å². The van der Waals surface area contributed by atoms with Gasteiger partial charge in [-0.15, -0.1) is 0 Å². The van der Waals surface area contributed by atoms with Gasteiger partial charge in [-0.05, 0) is 37.3 Å². The van der Waals surface area contributed by atoms with Gasteiger partial charge < -0.3 is 9.73 Å². The number of hydrogen-bond donors (Lipinski definition) is 1. The van der Waals surface area contributed by atoms with Gasteiger partial charge in [0.2, 0.25) is 0 Å². The minimum atomic E-state index is -0.113. The largest absolute Gasteiger partial charge is 0.451 e. The Morgan fingerprint density at radius 1 is 1.35 bits per heavy atom. The minimum absolute atomic E-state index is 0.113. The topological polar surface area (TPSA) is 42.2 Å². The normalized spacial score (nSPS) is 22.9. The fourth-order valence-corrected chi connectivity index (χ4v) is 3.68. The van der Waals surface area contributed by atoms with Crippen LogP contribution in [-0.2, 0) is 0 Å². The van der Waals surface area contributed by atoms with Crippen molar-refractivity contribution in [3.8, 4) is 0 Å². The summed E-state index contributed by atoms with van der Waals surface area (Å²) in [6, 6.07) is 9.48. The van der Waals surface area contributed by atoms with Crippen LogP contribution in [0.2, 0.25) is 0 Å². The Kier molecular flexibility index (Phi) is 4.10. The van der Waals surface area contributed by atoms with E-state index in [0.29, 0.717) is 16.5 Å². The van der Waals surface area contributed by atoms with Gasteiger partial charge in [-0.1, -0.05) is 40.5 Å². The van der Waals surface area contributed by atoms with Gasteiger partial charge >= 0.3 is 0 Å². The van der Waals surface area contributed by atoms with E-state index in [-0.39, 0.29) is 5.91 Å². The molecule has 1 fully saturated rings. The molecule has 106 valence electrons. The molecule has 0 radical (unpaired) electrons. The van der Waals surface area contributed by atoms with Crippen LogP contribution in [0.3, 0.4) is 0 Å². The molecule has 0 aliphatic heterocycles. The van der Waals surface area contributed by atoms with Crippen molar-refractivity contribution in [3.05, 3.63) is 36.1 Å². The van der Waals surface area contributed by atoms with Gasteiger partial charge in [0.15, 0.2) is 5.76 Å². The smallest absolute Gasteiger partial charge is 0.287 e. The summed E-state index contributed by atoms with van der Waals surface area (Å²) in [5.41, 5.74) is 0.760. The molecule has 4 heteroatoms. The number of carbonyl (C=O) groups is 1. The van der Waals surface area contributed by atoms with Crippen LogP contribution in [0.5, 0.6) is 0 Å². The molecule has 1 aliphatic carbocycles. The predicted molar refractivity (Wildman–Crippen MR) is 83.2 cm³/mol. The van der Waals surface area contributed by atoms with Crippen LogP contribution < -0.4 is 5.32 Å². The number of carbonyl (C=O) groups excluding carboxylic acids is 1. The maximum Gasteiger partial charge on any atom is 0.287 e. The standard InChI is InChI=1S/C16H18BrNO2/c17-13-6-3-4-11(8-13)10-18-16(19)15-9-12-5-1-2-7-14(12)20-15/h1-2,5,7,9,11,13H,3-4,6,8,10H2,(H,18,19). The number of benzene rings is 1. The maximum atomic E-state index is 12.1. The van der Waals surface area contributed by atoms with Gasteiger partial charge in [0, 0.05) is 16.8 Å². The van der Waals surface area contributed by atoms with Crippen LogP contribution in [0.15, 0.2) is 34.7 Å². The van der Waals surface area contributed by atoms with E-state index in [9.17, 15) is 4.79 Å². The molecule has 20 heavy (non-hydrogen) atoms. The minimum Gasteiger partial charge on any atom is -0.451 e. The zero-order chi connectivity index (χ0) is 13.9. The van der Waals surface area contributed by atoms with Crippen LogP contribution >= 0.6 is 15.9 Å². The van der Waals surface area contributed by atoms with Crippen LogP contribution in [0.25, 0.3) is 11.0 Å². The number of para-hydroxylation sites is 1. The summed E-state index contributed by atoms with van der Waals surface area (Å²) in [7, 11) is 0. The molecule has 1 N–H and O–H groups in total. The van der Waals surface area contributed by atoms with Crippen LogP contribution in [0.1, 0.15) is 36.2 Å². The van der Waals surface area contributed by atoms with E-state index in [2.05, 4.69) is 21.2 Å². The first-order valence-electron chi connectivity index (χ1n) is 7.13. The third-order valence-electron chi connectivity index (χ3n) is 3.92. The molecular formula is C16H18BrNO2. The molecule has 1 aliphatic rings. The van der Waals surface area contributed by atoms with Gasteiger partial charge in [-0.2, -0.15) is 0 Å². The van der Waals surface area contributed by atoms with Crippen molar-refractivity contribution < 1.29 is 9.21 Å². The Bertz CT molecular complexity index is 574. The first-order chi connectivity index (χ1) is 9.72. The summed E-state index contributed by atoms with van der Waals surface area (Å²) in [5.74, 6) is 0.858. The number of nitrogens with one attached hydrogen (secondary N) is 1. The van der Waals surface area contributed by atoms with Crippen molar-refractivity contribution >= 4 is 32.8 Å². The molecule has 0 bridgehead atoms. The number of rotatable bonds is 3. The summed E-state index contributed by atoms with van der Waals surface area (Å²) in [6.07, 6.45) is 4.82. The number of amides is 1. The third-order valence-corrected chi connectivity index (χ3v) is 4.75. The molecular weight excluding hydrogens is 318 g/mol. The van der Waals surface area contributed by atoms with E-state index in [0.717, 1.165) is 23.9 Å². The predicted octanol–water partition coefficient (Wildman–Crippen LogP) is 4.12. The fourth-order valence-electron chi connectivity index (χ4n) is 2.83.